The normalized spacial score (nSPS) is 21.2. The van der Waals surface area contributed by atoms with Gasteiger partial charge in [-0.1, -0.05) is 30.3 Å². The Morgan fingerprint density at radius 1 is 1.32 bits per heavy atom. The van der Waals surface area contributed by atoms with Crippen LogP contribution in [0.5, 0.6) is 0 Å². The fraction of sp³-hybridized carbons (Fsp3) is 0.400. The van der Waals surface area contributed by atoms with E-state index in [1.165, 1.54) is 17.0 Å². The van der Waals surface area contributed by atoms with Gasteiger partial charge in [-0.2, -0.15) is 0 Å². The van der Waals surface area contributed by atoms with Crippen LogP contribution in [0.2, 0.25) is 0 Å². The fourth-order valence-electron chi connectivity index (χ4n) is 2.57. The maximum atomic E-state index is 4.40. The lowest BCUT2D eigenvalue weighted by molar-refractivity contribution is 0.260. The van der Waals surface area contributed by atoms with Crippen LogP contribution < -0.4 is 5.32 Å². The highest BCUT2D eigenvalue weighted by molar-refractivity contribution is 7.09. The quantitative estimate of drug-likeness (QED) is 0.932. The largest absolute Gasteiger partial charge is 0.309 e. The molecule has 0 bridgehead atoms. The Kier molecular flexibility index (Phi) is 4.23. The van der Waals surface area contributed by atoms with Crippen LogP contribution in [-0.4, -0.2) is 29.5 Å². The molecule has 1 N–H and O–H groups in total. The first-order valence-electron chi connectivity index (χ1n) is 6.81. The van der Waals surface area contributed by atoms with Gasteiger partial charge < -0.3 is 5.32 Å². The van der Waals surface area contributed by atoms with Crippen molar-refractivity contribution in [3.05, 3.63) is 52.5 Å². The first kappa shape index (κ1) is 12.8. The minimum Gasteiger partial charge on any atom is -0.309 e. The number of hydrogen-bond acceptors (Lipinski definition) is 4. The summed E-state index contributed by atoms with van der Waals surface area (Å²) in [6.07, 6.45) is 3.10. The summed E-state index contributed by atoms with van der Waals surface area (Å²) >= 11 is 1.75. The molecule has 1 aliphatic heterocycles. The molecular weight excluding hydrogens is 254 g/mol. The van der Waals surface area contributed by atoms with E-state index in [2.05, 4.69) is 50.9 Å². The Morgan fingerprint density at radius 3 is 3.00 bits per heavy atom. The van der Waals surface area contributed by atoms with Gasteiger partial charge in [-0.15, -0.1) is 11.3 Å². The van der Waals surface area contributed by atoms with Gasteiger partial charge in [-0.05, 0) is 25.1 Å². The molecule has 1 aliphatic rings. The first-order valence-corrected chi connectivity index (χ1v) is 7.69. The summed E-state index contributed by atoms with van der Waals surface area (Å²) in [5, 5.41) is 6.92. The molecule has 19 heavy (non-hydrogen) atoms. The summed E-state index contributed by atoms with van der Waals surface area (Å²) in [5.41, 5.74) is 1.38. The van der Waals surface area contributed by atoms with Gasteiger partial charge in [0.05, 0.1) is 6.54 Å². The number of rotatable bonds is 3. The van der Waals surface area contributed by atoms with Gasteiger partial charge >= 0.3 is 0 Å². The fourth-order valence-corrected chi connectivity index (χ4v) is 3.23. The average molecular weight is 273 g/mol. The van der Waals surface area contributed by atoms with Crippen molar-refractivity contribution < 1.29 is 0 Å². The highest BCUT2D eigenvalue weighted by Gasteiger charge is 2.19. The topological polar surface area (TPSA) is 28.2 Å². The molecule has 2 heterocycles. The number of aromatic nitrogens is 1. The molecule has 100 valence electrons. The number of nitrogens with one attached hydrogen (secondary N) is 1. The Labute approximate surface area is 118 Å². The number of hydrogen-bond donors (Lipinski definition) is 1. The summed E-state index contributed by atoms with van der Waals surface area (Å²) < 4.78 is 0. The molecule has 3 nitrogen and oxygen atoms in total. The van der Waals surface area contributed by atoms with Gasteiger partial charge in [-0.3, -0.25) is 4.90 Å². The molecule has 2 aromatic rings. The van der Waals surface area contributed by atoms with Crippen LogP contribution in [0.15, 0.2) is 41.9 Å². The molecule has 3 rings (SSSR count). The molecule has 0 amide bonds. The van der Waals surface area contributed by atoms with Gasteiger partial charge in [0.25, 0.3) is 0 Å². The highest BCUT2D eigenvalue weighted by Crippen LogP contribution is 2.18. The van der Waals surface area contributed by atoms with Crippen LogP contribution in [0.1, 0.15) is 23.0 Å². The Morgan fingerprint density at radius 2 is 2.21 bits per heavy atom. The number of nitrogens with zero attached hydrogens (tertiary/aromatic N) is 2. The van der Waals surface area contributed by atoms with Crippen molar-refractivity contribution >= 4 is 11.3 Å². The Hall–Kier alpha value is -1.23. The highest BCUT2D eigenvalue weighted by atomic mass is 32.1. The molecule has 4 heteroatoms. The minimum atomic E-state index is 0.434. The molecule has 1 unspecified atom stereocenters. The zero-order chi connectivity index (χ0) is 12.9. The van der Waals surface area contributed by atoms with Crippen molar-refractivity contribution in [2.75, 3.05) is 19.6 Å². The smallest absolute Gasteiger partial charge is 0.107 e. The Balaban J connectivity index is 1.69. The van der Waals surface area contributed by atoms with Crippen LogP contribution in [0.4, 0.5) is 0 Å². The molecule has 1 fully saturated rings. The molecule has 0 spiro atoms. The van der Waals surface area contributed by atoms with Crippen LogP contribution >= 0.6 is 11.3 Å². The molecule has 1 atom stereocenters. The summed E-state index contributed by atoms with van der Waals surface area (Å²) in [5.74, 6) is 0. The third-order valence-corrected chi connectivity index (χ3v) is 4.29. The van der Waals surface area contributed by atoms with E-state index in [9.17, 15) is 0 Å². The zero-order valence-electron chi connectivity index (χ0n) is 11.0. The average Bonchev–Trinajstić information content (AvgIpc) is 2.84. The number of benzene rings is 1. The van der Waals surface area contributed by atoms with Crippen molar-refractivity contribution in [3.8, 4) is 0 Å². The van der Waals surface area contributed by atoms with Crippen LogP contribution in [0.25, 0.3) is 0 Å². The van der Waals surface area contributed by atoms with E-state index in [-0.39, 0.29) is 0 Å². The van der Waals surface area contributed by atoms with Crippen molar-refractivity contribution in [2.45, 2.75) is 19.0 Å². The molecule has 0 radical (unpaired) electrons. The van der Waals surface area contributed by atoms with E-state index in [0.29, 0.717) is 6.04 Å². The zero-order valence-corrected chi connectivity index (χ0v) is 11.8. The van der Waals surface area contributed by atoms with Gasteiger partial charge in [0.15, 0.2) is 0 Å². The second-order valence-corrected chi connectivity index (χ2v) is 5.91. The molecule has 0 saturated carbocycles. The van der Waals surface area contributed by atoms with Crippen molar-refractivity contribution in [1.29, 1.82) is 0 Å². The van der Waals surface area contributed by atoms with Crippen molar-refractivity contribution in [3.63, 3.8) is 0 Å². The van der Waals surface area contributed by atoms with E-state index in [4.69, 9.17) is 0 Å². The third kappa shape index (κ3) is 3.41. The Bertz CT molecular complexity index is 483. The standard InChI is InChI=1S/C15H19N3S/c1-2-5-13(6-3-1)14-11-18(9-4-7-16-14)12-15-17-8-10-19-15/h1-3,5-6,8,10,14,16H,4,7,9,11-12H2. The van der Waals surface area contributed by atoms with Crippen LogP contribution in [0.3, 0.4) is 0 Å². The molecule has 1 aromatic carbocycles. The maximum Gasteiger partial charge on any atom is 0.107 e. The van der Waals surface area contributed by atoms with E-state index < -0.39 is 0 Å². The van der Waals surface area contributed by atoms with Crippen LogP contribution in [0, 0.1) is 0 Å². The predicted molar refractivity (Wildman–Crippen MR) is 79.2 cm³/mol. The molecule has 1 aromatic heterocycles. The summed E-state index contributed by atoms with van der Waals surface area (Å²) in [4.78, 5) is 6.91. The monoisotopic (exact) mass is 273 g/mol. The summed E-state index contributed by atoms with van der Waals surface area (Å²) in [7, 11) is 0. The third-order valence-electron chi connectivity index (χ3n) is 3.53. The second kappa shape index (κ2) is 6.28. The minimum absolute atomic E-state index is 0.434. The lowest BCUT2D eigenvalue weighted by Gasteiger charge is -2.23. The number of thiazole rings is 1. The second-order valence-electron chi connectivity index (χ2n) is 4.93. The summed E-state index contributed by atoms with van der Waals surface area (Å²) in [6.45, 7) is 4.27. The molecule has 1 saturated heterocycles. The lowest BCUT2D eigenvalue weighted by Crippen LogP contribution is -2.31. The molecular formula is C15H19N3S. The van der Waals surface area contributed by atoms with Gasteiger partial charge in [0, 0.05) is 24.2 Å². The van der Waals surface area contributed by atoms with Gasteiger partial charge in [0.1, 0.15) is 5.01 Å². The lowest BCUT2D eigenvalue weighted by atomic mass is 10.1. The first-order chi connectivity index (χ1) is 9.42. The van der Waals surface area contributed by atoms with Crippen molar-refractivity contribution in [2.24, 2.45) is 0 Å². The van der Waals surface area contributed by atoms with E-state index in [1.807, 2.05) is 6.20 Å². The van der Waals surface area contributed by atoms with Gasteiger partial charge in [-0.25, -0.2) is 4.98 Å². The predicted octanol–water partition coefficient (Wildman–Crippen LogP) is 2.68. The van der Waals surface area contributed by atoms with Crippen LogP contribution in [-0.2, 0) is 6.54 Å². The van der Waals surface area contributed by atoms with E-state index in [0.717, 1.165) is 26.2 Å². The molecule has 0 aliphatic carbocycles. The van der Waals surface area contributed by atoms with Crippen molar-refractivity contribution in [1.82, 2.24) is 15.2 Å². The summed E-state index contributed by atoms with van der Waals surface area (Å²) in [6, 6.07) is 11.2. The SMILES string of the molecule is c1ccc(C2CN(Cc3nccs3)CCCN2)cc1. The van der Waals surface area contributed by atoms with E-state index in [1.54, 1.807) is 11.3 Å². The van der Waals surface area contributed by atoms with Gasteiger partial charge in [0.2, 0.25) is 0 Å². The maximum absolute atomic E-state index is 4.40. The van der Waals surface area contributed by atoms with E-state index >= 15 is 0 Å².